The van der Waals surface area contributed by atoms with Gasteiger partial charge in [0.15, 0.2) is 18.0 Å². The minimum absolute atomic E-state index is 0.169. The summed E-state index contributed by atoms with van der Waals surface area (Å²) in [4.78, 5) is 24.1. The number of aromatic nitrogens is 5. The molecule has 112 valence electrons. The van der Waals surface area contributed by atoms with Crippen LogP contribution in [0.25, 0.3) is 17.4 Å². The zero-order valence-corrected chi connectivity index (χ0v) is 12.3. The lowest BCUT2D eigenvalue weighted by Gasteiger charge is -2.07. The van der Waals surface area contributed by atoms with Crippen LogP contribution in [0.4, 0.5) is 5.82 Å². The van der Waals surface area contributed by atoms with Crippen molar-refractivity contribution in [3.05, 3.63) is 36.6 Å². The number of aryl methyl sites for hydroxylation is 1. The molecule has 0 unspecified atom stereocenters. The first-order valence-electron chi connectivity index (χ1n) is 6.33. The fraction of sp³-hybridized carbons (Fsp3) is 0.154. The van der Waals surface area contributed by atoms with Crippen molar-refractivity contribution in [2.45, 2.75) is 6.92 Å². The number of halogens is 1. The summed E-state index contributed by atoms with van der Waals surface area (Å²) in [6.07, 6.45) is 4.66. The second-order valence-corrected chi connectivity index (χ2v) is 4.60. The van der Waals surface area contributed by atoms with Gasteiger partial charge in [0.05, 0.1) is 5.69 Å². The van der Waals surface area contributed by atoms with Crippen molar-refractivity contribution in [2.24, 2.45) is 0 Å². The third kappa shape index (κ3) is 2.82. The van der Waals surface area contributed by atoms with E-state index >= 15 is 0 Å². The molecular formula is C13H11ClN6O2. The van der Waals surface area contributed by atoms with Gasteiger partial charge in [-0.25, -0.2) is 19.6 Å². The Morgan fingerprint density at radius 3 is 2.95 bits per heavy atom. The monoisotopic (exact) mass is 318 g/mol. The summed E-state index contributed by atoms with van der Waals surface area (Å²) in [5.74, 6) is 0.973. The first-order valence-corrected chi connectivity index (χ1v) is 6.86. The first-order chi connectivity index (χ1) is 10.7. The van der Waals surface area contributed by atoms with Crippen LogP contribution in [0.5, 0.6) is 0 Å². The molecule has 9 heteroatoms. The van der Waals surface area contributed by atoms with Crippen molar-refractivity contribution in [3.63, 3.8) is 0 Å². The molecule has 0 aromatic carbocycles. The molecule has 0 spiro atoms. The number of alkyl halides is 1. The SMILES string of the molecule is Cc1ncoc1-c1nc(NC(=O)CCl)cc(-n2cccn2)n1. The number of hydrogen-bond acceptors (Lipinski definition) is 6. The highest BCUT2D eigenvalue weighted by molar-refractivity contribution is 6.29. The van der Waals surface area contributed by atoms with E-state index in [2.05, 4.69) is 25.4 Å². The Bertz CT molecular complexity index is 799. The van der Waals surface area contributed by atoms with E-state index < -0.39 is 0 Å². The topological polar surface area (TPSA) is 98.7 Å². The lowest BCUT2D eigenvalue weighted by molar-refractivity contribution is -0.113. The van der Waals surface area contributed by atoms with Crippen molar-refractivity contribution >= 4 is 23.3 Å². The molecule has 0 aliphatic heterocycles. The Kier molecular flexibility index (Phi) is 3.84. The van der Waals surface area contributed by atoms with E-state index in [1.165, 1.54) is 6.39 Å². The number of rotatable bonds is 4. The normalized spacial score (nSPS) is 10.6. The highest BCUT2D eigenvalue weighted by Crippen LogP contribution is 2.22. The number of nitrogens with zero attached hydrogens (tertiary/aromatic N) is 5. The number of hydrogen-bond donors (Lipinski definition) is 1. The zero-order valence-electron chi connectivity index (χ0n) is 11.5. The smallest absolute Gasteiger partial charge is 0.240 e. The van der Waals surface area contributed by atoms with Gasteiger partial charge >= 0.3 is 0 Å². The maximum Gasteiger partial charge on any atom is 0.240 e. The second kappa shape index (κ2) is 5.94. The number of carbonyl (C=O) groups is 1. The maximum absolute atomic E-state index is 11.5. The van der Waals surface area contributed by atoms with E-state index in [0.717, 1.165) is 0 Å². The van der Waals surface area contributed by atoms with Crippen LogP contribution < -0.4 is 5.32 Å². The molecule has 3 rings (SSSR count). The molecule has 0 bridgehead atoms. The summed E-state index contributed by atoms with van der Waals surface area (Å²) in [7, 11) is 0. The molecule has 1 N–H and O–H groups in total. The summed E-state index contributed by atoms with van der Waals surface area (Å²) >= 11 is 5.50. The van der Waals surface area contributed by atoms with Gasteiger partial charge in [0.25, 0.3) is 0 Å². The fourth-order valence-corrected chi connectivity index (χ4v) is 1.88. The molecule has 0 atom stereocenters. The summed E-state index contributed by atoms with van der Waals surface area (Å²) in [6, 6.07) is 3.35. The summed E-state index contributed by atoms with van der Waals surface area (Å²) in [6.45, 7) is 1.78. The molecule has 0 saturated heterocycles. The van der Waals surface area contributed by atoms with Gasteiger partial charge in [0.2, 0.25) is 11.7 Å². The third-order valence-electron chi connectivity index (χ3n) is 2.79. The number of amides is 1. The van der Waals surface area contributed by atoms with E-state index in [4.69, 9.17) is 16.0 Å². The van der Waals surface area contributed by atoms with Crippen molar-refractivity contribution in [3.8, 4) is 17.4 Å². The molecule has 22 heavy (non-hydrogen) atoms. The van der Waals surface area contributed by atoms with E-state index in [1.54, 1.807) is 36.1 Å². The van der Waals surface area contributed by atoms with E-state index in [-0.39, 0.29) is 11.8 Å². The Hall–Kier alpha value is -2.74. The van der Waals surface area contributed by atoms with Gasteiger partial charge in [-0.15, -0.1) is 11.6 Å². The number of nitrogens with one attached hydrogen (secondary N) is 1. The minimum atomic E-state index is -0.368. The number of anilines is 1. The van der Waals surface area contributed by atoms with Gasteiger partial charge in [-0.3, -0.25) is 4.79 Å². The highest BCUT2D eigenvalue weighted by atomic mass is 35.5. The van der Waals surface area contributed by atoms with Crippen molar-refractivity contribution in [1.82, 2.24) is 24.7 Å². The van der Waals surface area contributed by atoms with Gasteiger partial charge in [0.1, 0.15) is 11.7 Å². The molecule has 3 aromatic rings. The van der Waals surface area contributed by atoms with Crippen LogP contribution in [0.1, 0.15) is 5.69 Å². The Morgan fingerprint density at radius 2 is 2.32 bits per heavy atom. The summed E-state index contributed by atoms with van der Waals surface area (Å²) in [5, 5.41) is 6.70. The summed E-state index contributed by atoms with van der Waals surface area (Å²) < 4.78 is 6.85. The lowest BCUT2D eigenvalue weighted by Crippen LogP contribution is -2.15. The molecule has 0 saturated carbocycles. The van der Waals surface area contributed by atoms with Gasteiger partial charge in [-0.2, -0.15) is 5.10 Å². The van der Waals surface area contributed by atoms with Crippen molar-refractivity contribution in [2.75, 3.05) is 11.2 Å². The minimum Gasteiger partial charge on any atom is -0.440 e. The molecule has 0 radical (unpaired) electrons. The van der Waals surface area contributed by atoms with Crippen LogP contribution in [-0.4, -0.2) is 36.5 Å². The van der Waals surface area contributed by atoms with Crippen LogP contribution in [0.2, 0.25) is 0 Å². The van der Waals surface area contributed by atoms with E-state index in [1.807, 2.05) is 0 Å². The lowest BCUT2D eigenvalue weighted by atomic mass is 10.3. The first kappa shape index (κ1) is 14.2. The molecule has 3 heterocycles. The Morgan fingerprint density at radius 1 is 1.45 bits per heavy atom. The van der Waals surface area contributed by atoms with Gasteiger partial charge in [-0.1, -0.05) is 0 Å². The van der Waals surface area contributed by atoms with E-state index in [9.17, 15) is 4.79 Å². The van der Waals surface area contributed by atoms with Gasteiger partial charge < -0.3 is 9.73 Å². The van der Waals surface area contributed by atoms with Crippen molar-refractivity contribution in [1.29, 1.82) is 0 Å². The third-order valence-corrected chi connectivity index (χ3v) is 3.03. The van der Waals surface area contributed by atoms with Crippen LogP contribution in [-0.2, 0) is 4.79 Å². The Labute approximate surface area is 130 Å². The standard InChI is InChI=1S/C13H11ClN6O2/c1-8-12(22-7-15-8)13-18-9(17-11(21)6-14)5-10(19-13)20-4-2-3-16-20/h2-5,7H,6H2,1H3,(H,17,18,19,21). The van der Waals surface area contributed by atoms with Gasteiger partial charge in [0, 0.05) is 18.5 Å². The average Bonchev–Trinajstić information content (AvgIpc) is 3.18. The molecule has 3 aromatic heterocycles. The second-order valence-electron chi connectivity index (χ2n) is 4.33. The van der Waals surface area contributed by atoms with Crippen LogP contribution in [0, 0.1) is 6.92 Å². The van der Waals surface area contributed by atoms with E-state index in [0.29, 0.717) is 28.9 Å². The van der Waals surface area contributed by atoms with Crippen LogP contribution in [0.3, 0.4) is 0 Å². The Balaban J connectivity index is 2.09. The molecule has 0 aliphatic carbocycles. The molecular weight excluding hydrogens is 308 g/mol. The molecule has 0 fully saturated rings. The maximum atomic E-state index is 11.5. The number of carbonyl (C=O) groups excluding carboxylic acids is 1. The van der Waals surface area contributed by atoms with Crippen LogP contribution >= 0.6 is 11.6 Å². The zero-order chi connectivity index (χ0) is 15.5. The average molecular weight is 319 g/mol. The predicted octanol–water partition coefficient (Wildman–Crippen LogP) is 1.80. The highest BCUT2D eigenvalue weighted by Gasteiger charge is 2.15. The van der Waals surface area contributed by atoms with Gasteiger partial charge in [-0.05, 0) is 13.0 Å². The number of oxazole rings is 1. The quantitative estimate of drug-likeness (QED) is 0.736. The largest absolute Gasteiger partial charge is 0.440 e. The fourth-order valence-electron chi connectivity index (χ4n) is 1.81. The molecule has 1 amide bonds. The summed E-state index contributed by atoms with van der Waals surface area (Å²) in [5.41, 5.74) is 0.646. The van der Waals surface area contributed by atoms with Crippen LogP contribution in [0.15, 0.2) is 35.3 Å². The molecule has 0 aliphatic rings. The molecule has 8 nitrogen and oxygen atoms in total. The predicted molar refractivity (Wildman–Crippen MR) is 78.7 cm³/mol. The van der Waals surface area contributed by atoms with Crippen molar-refractivity contribution < 1.29 is 9.21 Å².